The summed E-state index contributed by atoms with van der Waals surface area (Å²) >= 11 is 5.74. The zero-order chi connectivity index (χ0) is 10.8. The van der Waals surface area contributed by atoms with Gasteiger partial charge in [-0.2, -0.15) is 9.36 Å². The zero-order valence-corrected chi connectivity index (χ0v) is 8.85. The summed E-state index contributed by atoms with van der Waals surface area (Å²) < 4.78 is 2.52. The highest BCUT2D eigenvalue weighted by molar-refractivity contribution is 6.30. The first kappa shape index (κ1) is 9.92. The summed E-state index contributed by atoms with van der Waals surface area (Å²) in [5, 5.41) is 8.10. The van der Waals surface area contributed by atoms with Crippen LogP contribution in [0.2, 0.25) is 5.02 Å². The van der Waals surface area contributed by atoms with Crippen LogP contribution in [0.4, 0.5) is 0 Å². The van der Waals surface area contributed by atoms with E-state index in [0.29, 0.717) is 17.3 Å². The Bertz CT molecular complexity index is 514. The highest BCUT2D eigenvalue weighted by Gasteiger charge is 2.06. The lowest BCUT2D eigenvalue weighted by Crippen LogP contribution is -2.23. The quantitative estimate of drug-likeness (QED) is 0.768. The van der Waals surface area contributed by atoms with Gasteiger partial charge in [0.25, 0.3) is 0 Å². The summed E-state index contributed by atoms with van der Waals surface area (Å²) in [6.07, 6.45) is 0. The predicted molar refractivity (Wildman–Crippen MR) is 56.3 cm³/mol. The molecule has 0 aliphatic rings. The van der Waals surface area contributed by atoms with E-state index < -0.39 is 0 Å². The Morgan fingerprint density at radius 3 is 2.47 bits per heavy atom. The topological polar surface area (TPSA) is 52.7 Å². The van der Waals surface area contributed by atoms with Gasteiger partial charge >= 0.3 is 5.69 Å². The molecule has 1 aromatic heterocycles. The van der Waals surface area contributed by atoms with Crippen LogP contribution in [0.25, 0.3) is 5.69 Å². The molecule has 78 valence electrons. The number of halogens is 1. The second kappa shape index (κ2) is 3.86. The summed E-state index contributed by atoms with van der Waals surface area (Å²) in [5.41, 5.74) is 0.406. The number of benzene rings is 1. The molecule has 0 spiro atoms. The Morgan fingerprint density at radius 2 is 1.93 bits per heavy atom. The monoisotopic (exact) mass is 224 g/mol. The fourth-order valence-corrected chi connectivity index (χ4v) is 1.34. The Labute approximate surface area is 90.9 Å². The molecular formula is C9H9ClN4O. The predicted octanol–water partition coefficient (Wildman–Crippen LogP) is 1.10. The average Bonchev–Trinajstić information content (AvgIpc) is 2.61. The van der Waals surface area contributed by atoms with Crippen molar-refractivity contribution in [2.24, 2.45) is 0 Å². The summed E-state index contributed by atoms with van der Waals surface area (Å²) in [5.74, 6) is 0. The lowest BCUT2D eigenvalue weighted by molar-refractivity contribution is 0.609. The van der Waals surface area contributed by atoms with Gasteiger partial charge in [-0.15, -0.1) is 0 Å². The minimum Gasteiger partial charge on any atom is -0.244 e. The van der Waals surface area contributed by atoms with Crippen molar-refractivity contribution in [2.45, 2.75) is 13.5 Å². The van der Waals surface area contributed by atoms with Gasteiger partial charge in [0.2, 0.25) is 0 Å². The highest BCUT2D eigenvalue weighted by Crippen LogP contribution is 2.10. The van der Waals surface area contributed by atoms with E-state index in [1.807, 2.05) is 6.92 Å². The fourth-order valence-electron chi connectivity index (χ4n) is 1.22. The van der Waals surface area contributed by atoms with Gasteiger partial charge in [-0.05, 0) is 41.6 Å². The van der Waals surface area contributed by atoms with Crippen LogP contribution in [0.15, 0.2) is 29.1 Å². The SMILES string of the molecule is CCn1nnn(-c2ccc(Cl)cc2)c1=O. The van der Waals surface area contributed by atoms with E-state index in [0.717, 1.165) is 0 Å². The van der Waals surface area contributed by atoms with Crippen molar-refractivity contribution < 1.29 is 0 Å². The Morgan fingerprint density at radius 1 is 1.27 bits per heavy atom. The standard InChI is InChI=1S/C9H9ClN4O/c1-2-13-9(15)14(12-11-13)8-5-3-7(10)4-6-8/h3-6H,2H2,1H3. The van der Waals surface area contributed by atoms with Gasteiger partial charge < -0.3 is 0 Å². The van der Waals surface area contributed by atoms with Gasteiger partial charge in [0.15, 0.2) is 0 Å². The van der Waals surface area contributed by atoms with E-state index in [1.165, 1.54) is 9.36 Å². The molecule has 0 aliphatic carbocycles. The largest absolute Gasteiger partial charge is 0.368 e. The van der Waals surface area contributed by atoms with E-state index >= 15 is 0 Å². The third-order valence-electron chi connectivity index (χ3n) is 2.01. The molecule has 15 heavy (non-hydrogen) atoms. The van der Waals surface area contributed by atoms with Gasteiger partial charge in [-0.25, -0.2) is 4.79 Å². The number of rotatable bonds is 2. The molecule has 0 amide bonds. The number of tetrazole rings is 1. The van der Waals surface area contributed by atoms with Gasteiger partial charge in [0.05, 0.1) is 5.69 Å². The third-order valence-corrected chi connectivity index (χ3v) is 2.26. The second-order valence-electron chi connectivity index (χ2n) is 2.97. The number of aromatic nitrogens is 4. The van der Waals surface area contributed by atoms with Crippen LogP contribution < -0.4 is 5.69 Å². The number of nitrogens with zero attached hydrogens (tertiary/aromatic N) is 4. The lowest BCUT2D eigenvalue weighted by atomic mass is 10.3. The molecular weight excluding hydrogens is 216 g/mol. The van der Waals surface area contributed by atoms with E-state index in [-0.39, 0.29) is 5.69 Å². The van der Waals surface area contributed by atoms with Gasteiger partial charge in [-0.1, -0.05) is 11.6 Å². The molecule has 0 unspecified atom stereocenters. The Balaban J connectivity index is 2.50. The van der Waals surface area contributed by atoms with Gasteiger partial charge in [-0.3, -0.25) is 0 Å². The molecule has 1 heterocycles. The first-order valence-corrected chi connectivity index (χ1v) is 4.89. The van der Waals surface area contributed by atoms with E-state index in [2.05, 4.69) is 10.4 Å². The van der Waals surface area contributed by atoms with Crippen molar-refractivity contribution in [1.82, 2.24) is 19.8 Å². The number of hydrogen-bond acceptors (Lipinski definition) is 3. The maximum atomic E-state index is 11.7. The van der Waals surface area contributed by atoms with E-state index in [9.17, 15) is 4.79 Å². The molecule has 0 bridgehead atoms. The lowest BCUT2D eigenvalue weighted by Gasteiger charge is -1.97. The Kier molecular flexibility index (Phi) is 2.55. The first-order chi connectivity index (χ1) is 7.22. The summed E-state index contributed by atoms with van der Waals surface area (Å²) in [6, 6.07) is 6.85. The van der Waals surface area contributed by atoms with Crippen molar-refractivity contribution >= 4 is 11.6 Å². The van der Waals surface area contributed by atoms with E-state index in [4.69, 9.17) is 11.6 Å². The zero-order valence-electron chi connectivity index (χ0n) is 8.09. The third kappa shape index (κ3) is 1.78. The normalized spacial score (nSPS) is 10.5. The first-order valence-electron chi connectivity index (χ1n) is 4.51. The molecule has 2 rings (SSSR count). The average molecular weight is 225 g/mol. The molecule has 1 aromatic carbocycles. The number of aryl methyl sites for hydroxylation is 1. The van der Waals surface area contributed by atoms with Crippen molar-refractivity contribution in [1.29, 1.82) is 0 Å². The summed E-state index contributed by atoms with van der Waals surface area (Å²) in [7, 11) is 0. The molecule has 5 nitrogen and oxygen atoms in total. The van der Waals surface area contributed by atoms with Crippen molar-refractivity contribution in [3.8, 4) is 5.69 Å². The molecule has 2 aromatic rings. The van der Waals surface area contributed by atoms with Crippen LogP contribution in [0.1, 0.15) is 6.92 Å². The van der Waals surface area contributed by atoms with Crippen molar-refractivity contribution in [3.63, 3.8) is 0 Å². The maximum absolute atomic E-state index is 11.7. The van der Waals surface area contributed by atoms with E-state index in [1.54, 1.807) is 24.3 Å². The highest BCUT2D eigenvalue weighted by atomic mass is 35.5. The van der Waals surface area contributed by atoms with Crippen LogP contribution in [0.5, 0.6) is 0 Å². The molecule has 0 saturated carbocycles. The van der Waals surface area contributed by atoms with Gasteiger partial charge in [0.1, 0.15) is 0 Å². The molecule has 0 fully saturated rings. The minimum absolute atomic E-state index is 0.250. The van der Waals surface area contributed by atoms with Crippen LogP contribution in [0.3, 0.4) is 0 Å². The molecule has 0 radical (unpaired) electrons. The van der Waals surface area contributed by atoms with Crippen molar-refractivity contribution in [2.75, 3.05) is 0 Å². The Hall–Kier alpha value is -1.62. The van der Waals surface area contributed by atoms with Crippen LogP contribution in [0, 0.1) is 0 Å². The molecule has 0 aliphatic heterocycles. The maximum Gasteiger partial charge on any atom is 0.368 e. The molecule has 0 N–H and O–H groups in total. The van der Waals surface area contributed by atoms with Crippen LogP contribution in [-0.4, -0.2) is 19.8 Å². The van der Waals surface area contributed by atoms with Crippen LogP contribution in [-0.2, 0) is 6.54 Å². The minimum atomic E-state index is -0.250. The molecule has 6 heteroatoms. The molecule has 0 saturated heterocycles. The smallest absolute Gasteiger partial charge is 0.244 e. The van der Waals surface area contributed by atoms with Gasteiger partial charge in [0, 0.05) is 11.6 Å². The van der Waals surface area contributed by atoms with Crippen LogP contribution >= 0.6 is 11.6 Å². The second-order valence-corrected chi connectivity index (χ2v) is 3.40. The molecule has 0 atom stereocenters. The summed E-state index contributed by atoms with van der Waals surface area (Å²) in [4.78, 5) is 11.7. The fraction of sp³-hybridized carbons (Fsp3) is 0.222. The number of hydrogen-bond donors (Lipinski definition) is 0. The summed E-state index contributed by atoms with van der Waals surface area (Å²) in [6.45, 7) is 2.34. The van der Waals surface area contributed by atoms with Crippen molar-refractivity contribution in [3.05, 3.63) is 39.8 Å².